The number of carbonyl (C=O) groups is 1. The highest BCUT2D eigenvalue weighted by Crippen LogP contribution is 2.18. The number of hydrogen-bond donors (Lipinski definition) is 2. The van der Waals surface area contributed by atoms with Crippen molar-refractivity contribution >= 4 is 44.9 Å². The van der Waals surface area contributed by atoms with Crippen LogP contribution in [0.15, 0.2) is 46.9 Å². The Balaban J connectivity index is 1.98. The van der Waals surface area contributed by atoms with E-state index in [-0.39, 0.29) is 11.0 Å². The Labute approximate surface area is 143 Å². The summed E-state index contributed by atoms with van der Waals surface area (Å²) in [6.07, 6.45) is 0. The first kappa shape index (κ1) is 16.5. The highest BCUT2D eigenvalue weighted by molar-refractivity contribution is 9.10. The first-order valence-corrected chi connectivity index (χ1v) is 7.72. The van der Waals surface area contributed by atoms with E-state index in [0.717, 1.165) is 21.5 Å². The van der Waals surface area contributed by atoms with Crippen molar-refractivity contribution in [3.8, 4) is 5.75 Å². The summed E-state index contributed by atoms with van der Waals surface area (Å²) in [5.74, 6) is 0.497. The second-order valence-electron chi connectivity index (χ2n) is 4.60. The van der Waals surface area contributed by atoms with Gasteiger partial charge in [-0.3, -0.25) is 10.1 Å². The predicted molar refractivity (Wildman–Crippen MR) is 95.6 cm³/mol. The van der Waals surface area contributed by atoms with Gasteiger partial charge in [0.2, 0.25) is 0 Å². The fourth-order valence-corrected chi connectivity index (χ4v) is 2.34. The summed E-state index contributed by atoms with van der Waals surface area (Å²) in [5.41, 5.74) is 2.38. The minimum atomic E-state index is -0.258. The number of nitrogens with one attached hydrogen (secondary N) is 2. The molecule has 2 aromatic carbocycles. The molecule has 0 fully saturated rings. The number of benzene rings is 2. The van der Waals surface area contributed by atoms with Gasteiger partial charge in [0.05, 0.1) is 7.11 Å². The van der Waals surface area contributed by atoms with E-state index in [2.05, 4.69) is 26.6 Å². The van der Waals surface area contributed by atoms with Gasteiger partial charge in [-0.2, -0.15) is 0 Å². The van der Waals surface area contributed by atoms with Crippen molar-refractivity contribution in [2.45, 2.75) is 6.92 Å². The predicted octanol–water partition coefficient (Wildman–Crippen LogP) is 3.89. The zero-order valence-corrected chi connectivity index (χ0v) is 14.5. The molecule has 4 nitrogen and oxygen atoms in total. The maximum Gasteiger partial charge on any atom is 0.257 e. The number of aryl methyl sites for hydroxylation is 1. The maximum absolute atomic E-state index is 12.1. The Hall–Kier alpha value is -1.92. The van der Waals surface area contributed by atoms with Crippen molar-refractivity contribution in [3.05, 3.63) is 58.1 Å². The van der Waals surface area contributed by atoms with Gasteiger partial charge in [-0.05, 0) is 61.1 Å². The van der Waals surface area contributed by atoms with Gasteiger partial charge in [-0.15, -0.1) is 0 Å². The largest absolute Gasteiger partial charge is 0.497 e. The minimum absolute atomic E-state index is 0.242. The molecule has 6 heteroatoms. The lowest BCUT2D eigenvalue weighted by atomic mass is 10.1. The Morgan fingerprint density at radius 3 is 2.45 bits per heavy atom. The summed E-state index contributed by atoms with van der Waals surface area (Å²) < 4.78 is 5.97. The standard InChI is InChI=1S/C16H15BrN2O2S/c1-10-3-4-11(9-14(10)17)15(20)19-16(22)18-12-5-7-13(21-2)8-6-12/h3-9H,1-2H3,(H2,18,19,20,22). The van der Waals surface area contributed by atoms with E-state index in [1.807, 2.05) is 37.3 Å². The molecular weight excluding hydrogens is 364 g/mol. The molecule has 2 rings (SSSR count). The molecule has 0 atom stereocenters. The molecule has 0 saturated carbocycles. The third kappa shape index (κ3) is 4.29. The summed E-state index contributed by atoms with van der Waals surface area (Å²) in [6, 6.07) is 12.7. The molecule has 22 heavy (non-hydrogen) atoms. The molecule has 0 aliphatic carbocycles. The minimum Gasteiger partial charge on any atom is -0.497 e. The second kappa shape index (κ2) is 7.38. The van der Waals surface area contributed by atoms with Crippen LogP contribution in [0.1, 0.15) is 15.9 Å². The Morgan fingerprint density at radius 1 is 1.18 bits per heavy atom. The van der Waals surface area contributed by atoms with Crippen LogP contribution < -0.4 is 15.4 Å². The van der Waals surface area contributed by atoms with Crippen LogP contribution in [0.25, 0.3) is 0 Å². The normalized spacial score (nSPS) is 9.95. The van der Waals surface area contributed by atoms with E-state index >= 15 is 0 Å². The van der Waals surface area contributed by atoms with Gasteiger partial charge < -0.3 is 10.1 Å². The van der Waals surface area contributed by atoms with E-state index in [1.54, 1.807) is 19.2 Å². The molecule has 114 valence electrons. The van der Waals surface area contributed by atoms with Crippen molar-refractivity contribution in [1.82, 2.24) is 5.32 Å². The van der Waals surface area contributed by atoms with Gasteiger partial charge in [0.1, 0.15) is 5.75 Å². The smallest absolute Gasteiger partial charge is 0.257 e. The average Bonchev–Trinajstić information content (AvgIpc) is 2.50. The molecule has 0 aromatic heterocycles. The topological polar surface area (TPSA) is 50.4 Å². The number of methoxy groups -OCH3 is 1. The van der Waals surface area contributed by atoms with Crippen LogP contribution in [-0.2, 0) is 0 Å². The average molecular weight is 379 g/mol. The fourth-order valence-electron chi connectivity index (χ4n) is 1.75. The van der Waals surface area contributed by atoms with E-state index in [4.69, 9.17) is 17.0 Å². The van der Waals surface area contributed by atoms with E-state index in [0.29, 0.717) is 5.56 Å². The first-order chi connectivity index (χ1) is 10.5. The summed E-state index contributed by atoms with van der Waals surface area (Å²) in [7, 11) is 1.60. The molecule has 0 unspecified atom stereocenters. The molecule has 0 aliphatic rings. The molecule has 0 bridgehead atoms. The van der Waals surface area contributed by atoms with Crippen LogP contribution >= 0.6 is 28.1 Å². The number of hydrogen-bond acceptors (Lipinski definition) is 3. The van der Waals surface area contributed by atoms with Gasteiger partial charge in [0.25, 0.3) is 5.91 Å². The molecule has 2 N–H and O–H groups in total. The molecular formula is C16H15BrN2O2S. The lowest BCUT2D eigenvalue weighted by Crippen LogP contribution is -2.34. The molecule has 1 amide bonds. The van der Waals surface area contributed by atoms with E-state index < -0.39 is 0 Å². The highest BCUT2D eigenvalue weighted by atomic mass is 79.9. The second-order valence-corrected chi connectivity index (χ2v) is 5.86. The third-order valence-electron chi connectivity index (χ3n) is 3.01. The number of amides is 1. The summed E-state index contributed by atoms with van der Waals surface area (Å²) >= 11 is 8.55. The van der Waals surface area contributed by atoms with Gasteiger partial charge >= 0.3 is 0 Å². The van der Waals surface area contributed by atoms with Gasteiger partial charge in [0, 0.05) is 15.7 Å². The molecule has 0 spiro atoms. The number of halogens is 1. The SMILES string of the molecule is COc1ccc(NC(=S)NC(=O)c2ccc(C)c(Br)c2)cc1. The van der Waals surface area contributed by atoms with E-state index in [9.17, 15) is 4.79 Å². The number of ether oxygens (including phenoxy) is 1. The molecule has 0 radical (unpaired) electrons. The number of anilines is 1. The quantitative estimate of drug-likeness (QED) is 0.795. The maximum atomic E-state index is 12.1. The summed E-state index contributed by atoms with van der Waals surface area (Å²) in [4.78, 5) is 12.1. The zero-order chi connectivity index (χ0) is 16.1. The van der Waals surface area contributed by atoms with Crippen molar-refractivity contribution in [1.29, 1.82) is 0 Å². The van der Waals surface area contributed by atoms with Crippen molar-refractivity contribution in [3.63, 3.8) is 0 Å². The number of rotatable bonds is 3. The number of carbonyl (C=O) groups excluding carboxylic acids is 1. The molecule has 0 heterocycles. The Kier molecular flexibility index (Phi) is 5.51. The van der Waals surface area contributed by atoms with Crippen molar-refractivity contribution in [2.75, 3.05) is 12.4 Å². The van der Waals surface area contributed by atoms with Crippen LogP contribution in [0.3, 0.4) is 0 Å². The number of thiocarbonyl (C=S) groups is 1. The molecule has 0 saturated heterocycles. The molecule has 2 aromatic rings. The van der Waals surface area contributed by atoms with Crippen LogP contribution in [-0.4, -0.2) is 18.1 Å². The zero-order valence-electron chi connectivity index (χ0n) is 12.1. The summed E-state index contributed by atoms with van der Waals surface area (Å²) in [5, 5.41) is 5.84. The van der Waals surface area contributed by atoms with Crippen LogP contribution in [0, 0.1) is 6.92 Å². The van der Waals surface area contributed by atoms with E-state index in [1.165, 1.54) is 0 Å². The van der Waals surface area contributed by atoms with Crippen molar-refractivity contribution < 1.29 is 9.53 Å². The Morgan fingerprint density at radius 2 is 1.86 bits per heavy atom. The third-order valence-corrected chi connectivity index (χ3v) is 4.07. The lowest BCUT2D eigenvalue weighted by Gasteiger charge is -2.10. The van der Waals surface area contributed by atoms with Crippen LogP contribution in [0.4, 0.5) is 5.69 Å². The van der Waals surface area contributed by atoms with Crippen molar-refractivity contribution in [2.24, 2.45) is 0 Å². The van der Waals surface area contributed by atoms with Gasteiger partial charge in [-0.25, -0.2) is 0 Å². The first-order valence-electron chi connectivity index (χ1n) is 6.52. The summed E-state index contributed by atoms with van der Waals surface area (Å²) in [6.45, 7) is 1.96. The van der Waals surface area contributed by atoms with Crippen LogP contribution in [0.5, 0.6) is 5.75 Å². The fraction of sp³-hybridized carbons (Fsp3) is 0.125. The lowest BCUT2D eigenvalue weighted by molar-refractivity contribution is 0.0977. The van der Waals surface area contributed by atoms with Crippen LogP contribution in [0.2, 0.25) is 0 Å². The Bertz CT molecular complexity index is 702. The van der Waals surface area contributed by atoms with Gasteiger partial charge in [-0.1, -0.05) is 22.0 Å². The highest BCUT2D eigenvalue weighted by Gasteiger charge is 2.09. The molecule has 0 aliphatic heterocycles. The van der Waals surface area contributed by atoms with Gasteiger partial charge in [0.15, 0.2) is 5.11 Å². The monoisotopic (exact) mass is 378 g/mol.